The number of hydrogen-bond acceptors (Lipinski definition) is 4. The lowest BCUT2D eigenvalue weighted by Crippen LogP contribution is -2.51. The van der Waals surface area contributed by atoms with Crippen LogP contribution in [0.4, 0.5) is 5.69 Å². The molecule has 0 N–H and O–H groups in total. The molecule has 2 aliphatic rings. The molecule has 3 heterocycles. The highest BCUT2D eigenvalue weighted by molar-refractivity contribution is 5.92. The van der Waals surface area contributed by atoms with Gasteiger partial charge in [-0.2, -0.15) is 0 Å². The highest BCUT2D eigenvalue weighted by Crippen LogP contribution is 2.28. The van der Waals surface area contributed by atoms with Gasteiger partial charge in [-0.1, -0.05) is 18.2 Å². The fourth-order valence-electron chi connectivity index (χ4n) is 3.93. The molecule has 0 saturated carbocycles. The molecule has 4 rings (SSSR count). The van der Waals surface area contributed by atoms with Gasteiger partial charge in [0.05, 0.1) is 5.52 Å². The minimum atomic E-state index is 0.724. The van der Waals surface area contributed by atoms with Crippen LogP contribution in [0.3, 0.4) is 0 Å². The van der Waals surface area contributed by atoms with Crippen LogP contribution in [0.15, 0.2) is 30.3 Å². The van der Waals surface area contributed by atoms with E-state index in [1.54, 1.807) is 0 Å². The number of aromatic nitrogens is 1. The number of aryl methyl sites for hydroxylation is 1. The van der Waals surface area contributed by atoms with Crippen LogP contribution in [-0.4, -0.2) is 55.3 Å². The van der Waals surface area contributed by atoms with Crippen molar-refractivity contribution in [2.45, 2.75) is 25.8 Å². The Morgan fingerprint density at radius 1 is 1.04 bits per heavy atom. The lowest BCUT2D eigenvalue weighted by molar-refractivity contribution is 0.0321. The summed E-state index contributed by atoms with van der Waals surface area (Å²) >= 11 is 0. The Morgan fingerprint density at radius 2 is 1.78 bits per heavy atom. The van der Waals surface area contributed by atoms with Crippen molar-refractivity contribution >= 4 is 16.6 Å². The second-order valence-electron chi connectivity index (χ2n) is 6.67. The zero-order valence-electron chi connectivity index (χ0n) is 13.9. The van der Waals surface area contributed by atoms with Crippen LogP contribution in [0.2, 0.25) is 0 Å². The van der Waals surface area contributed by atoms with Crippen molar-refractivity contribution in [3.8, 4) is 0 Å². The Morgan fingerprint density at radius 3 is 2.57 bits per heavy atom. The maximum Gasteiger partial charge on any atom is 0.0726 e. The van der Waals surface area contributed by atoms with Gasteiger partial charge in [0.1, 0.15) is 0 Å². The fourth-order valence-corrected chi connectivity index (χ4v) is 3.93. The first kappa shape index (κ1) is 14.9. The van der Waals surface area contributed by atoms with Gasteiger partial charge in [0.25, 0.3) is 0 Å². The van der Waals surface area contributed by atoms with E-state index in [9.17, 15) is 0 Å². The van der Waals surface area contributed by atoms with Crippen LogP contribution in [0.25, 0.3) is 10.9 Å². The zero-order chi connectivity index (χ0) is 15.6. The lowest BCUT2D eigenvalue weighted by Gasteiger charge is -2.41. The largest absolute Gasteiger partial charge is 0.381 e. The highest BCUT2D eigenvalue weighted by Gasteiger charge is 2.26. The molecule has 0 aliphatic carbocycles. The van der Waals surface area contributed by atoms with Gasteiger partial charge in [-0.05, 0) is 31.9 Å². The minimum absolute atomic E-state index is 0.724. The first-order valence-corrected chi connectivity index (χ1v) is 8.74. The summed E-state index contributed by atoms with van der Waals surface area (Å²) in [5, 5.41) is 1.28. The van der Waals surface area contributed by atoms with E-state index in [-0.39, 0.29) is 0 Å². The maximum atomic E-state index is 5.50. The summed E-state index contributed by atoms with van der Waals surface area (Å²) in [6.07, 6.45) is 2.38. The van der Waals surface area contributed by atoms with Crippen LogP contribution in [0.5, 0.6) is 0 Å². The monoisotopic (exact) mass is 311 g/mol. The number of ether oxygens (including phenoxy) is 1. The SMILES string of the molecule is Cc1cc(N2CCN(C3CCOCC3)CC2)c2ccccc2n1. The standard InChI is InChI=1S/C19H25N3O/c1-15-14-19(17-4-2-3-5-18(17)20-15)22-10-8-21(9-11-22)16-6-12-23-13-7-16/h2-5,14,16H,6-13H2,1H3. The van der Waals surface area contributed by atoms with E-state index in [2.05, 4.69) is 52.0 Å². The highest BCUT2D eigenvalue weighted by atomic mass is 16.5. The second-order valence-corrected chi connectivity index (χ2v) is 6.67. The summed E-state index contributed by atoms with van der Waals surface area (Å²) in [6, 6.07) is 11.5. The molecule has 23 heavy (non-hydrogen) atoms. The number of anilines is 1. The first-order chi connectivity index (χ1) is 11.3. The van der Waals surface area contributed by atoms with Gasteiger partial charge in [-0.25, -0.2) is 0 Å². The Kier molecular flexibility index (Phi) is 4.19. The summed E-state index contributed by atoms with van der Waals surface area (Å²) < 4.78 is 5.50. The van der Waals surface area contributed by atoms with E-state index in [1.807, 2.05) is 0 Å². The molecule has 0 atom stereocenters. The molecule has 0 radical (unpaired) electrons. The van der Waals surface area contributed by atoms with Gasteiger partial charge in [0.15, 0.2) is 0 Å². The molecule has 0 spiro atoms. The van der Waals surface area contributed by atoms with Crippen molar-refractivity contribution in [3.05, 3.63) is 36.0 Å². The molecule has 2 fully saturated rings. The van der Waals surface area contributed by atoms with E-state index in [4.69, 9.17) is 4.74 Å². The van der Waals surface area contributed by atoms with Crippen molar-refractivity contribution in [1.82, 2.24) is 9.88 Å². The van der Waals surface area contributed by atoms with Gasteiger partial charge in [-0.15, -0.1) is 0 Å². The predicted molar refractivity (Wildman–Crippen MR) is 94.1 cm³/mol. The third-order valence-corrected chi connectivity index (χ3v) is 5.18. The molecular formula is C19H25N3O. The predicted octanol–water partition coefficient (Wildman–Crippen LogP) is 2.84. The Balaban J connectivity index is 1.52. The molecule has 1 aromatic carbocycles. The number of pyridine rings is 1. The number of rotatable bonds is 2. The van der Waals surface area contributed by atoms with Crippen LogP contribution in [-0.2, 0) is 4.74 Å². The van der Waals surface area contributed by atoms with Gasteiger partial charge in [0.2, 0.25) is 0 Å². The normalized spacial score (nSPS) is 21.0. The van der Waals surface area contributed by atoms with Crippen LogP contribution >= 0.6 is 0 Å². The Labute approximate surface area is 138 Å². The van der Waals surface area contributed by atoms with Crippen molar-refractivity contribution in [2.24, 2.45) is 0 Å². The molecule has 0 unspecified atom stereocenters. The van der Waals surface area contributed by atoms with Gasteiger partial charge in [0, 0.05) is 62.2 Å². The quantitative estimate of drug-likeness (QED) is 0.853. The van der Waals surface area contributed by atoms with Crippen LogP contribution < -0.4 is 4.90 Å². The summed E-state index contributed by atoms with van der Waals surface area (Å²) in [7, 11) is 0. The van der Waals surface area contributed by atoms with Gasteiger partial charge < -0.3 is 9.64 Å². The first-order valence-electron chi connectivity index (χ1n) is 8.74. The second kappa shape index (κ2) is 6.46. The Hall–Kier alpha value is -1.65. The number of fused-ring (bicyclic) bond motifs is 1. The lowest BCUT2D eigenvalue weighted by atomic mass is 10.1. The Bertz CT molecular complexity index is 673. The third-order valence-electron chi connectivity index (χ3n) is 5.18. The molecule has 0 amide bonds. The van der Waals surface area contributed by atoms with Gasteiger partial charge >= 0.3 is 0 Å². The number of para-hydroxylation sites is 1. The molecule has 2 saturated heterocycles. The fraction of sp³-hybridized carbons (Fsp3) is 0.526. The minimum Gasteiger partial charge on any atom is -0.381 e. The molecule has 4 heteroatoms. The van der Waals surface area contributed by atoms with E-state index < -0.39 is 0 Å². The number of nitrogens with zero attached hydrogens (tertiary/aromatic N) is 3. The third kappa shape index (κ3) is 3.06. The van der Waals surface area contributed by atoms with Crippen LogP contribution in [0, 0.1) is 6.92 Å². The van der Waals surface area contributed by atoms with E-state index >= 15 is 0 Å². The van der Waals surface area contributed by atoms with Crippen LogP contribution in [0.1, 0.15) is 18.5 Å². The van der Waals surface area contributed by atoms with E-state index in [0.29, 0.717) is 0 Å². The molecule has 0 bridgehead atoms. The number of hydrogen-bond donors (Lipinski definition) is 0. The number of piperazine rings is 1. The summed E-state index contributed by atoms with van der Waals surface area (Å²) in [5.74, 6) is 0. The zero-order valence-corrected chi connectivity index (χ0v) is 13.9. The van der Waals surface area contributed by atoms with E-state index in [1.165, 1.54) is 23.9 Å². The summed E-state index contributed by atoms with van der Waals surface area (Å²) in [4.78, 5) is 9.87. The maximum absolute atomic E-state index is 5.50. The van der Waals surface area contributed by atoms with Crippen molar-refractivity contribution < 1.29 is 4.74 Å². The molecule has 2 aliphatic heterocycles. The molecule has 122 valence electrons. The average Bonchev–Trinajstić information content (AvgIpc) is 2.62. The average molecular weight is 311 g/mol. The number of benzene rings is 1. The summed E-state index contributed by atoms with van der Waals surface area (Å²) in [5.41, 5.74) is 3.56. The molecule has 4 nitrogen and oxygen atoms in total. The van der Waals surface area contributed by atoms with Crippen molar-refractivity contribution in [3.63, 3.8) is 0 Å². The topological polar surface area (TPSA) is 28.6 Å². The van der Waals surface area contributed by atoms with E-state index in [0.717, 1.165) is 56.6 Å². The van der Waals surface area contributed by atoms with Crippen molar-refractivity contribution in [1.29, 1.82) is 0 Å². The smallest absolute Gasteiger partial charge is 0.0726 e. The van der Waals surface area contributed by atoms with Gasteiger partial charge in [-0.3, -0.25) is 9.88 Å². The molecule has 1 aromatic heterocycles. The molecular weight excluding hydrogens is 286 g/mol. The van der Waals surface area contributed by atoms with Crippen molar-refractivity contribution in [2.75, 3.05) is 44.3 Å². The molecule has 2 aromatic rings. The summed E-state index contributed by atoms with van der Waals surface area (Å²) in [6.45, 7) is 8.46.